The maximum Gasteiger partial charge on any atom is 0.318 e. The lowest BCUT2D eigenvalue weighted by Gasteiger charge is -2.09. The van der Waals surface area contributed by atoms with Gasteiger partial charge in [0.1, 0.15) is 5.25 Å². The van der Waals surface area contributed by atoms with E-state index in [4.69, 9.17) is 11.6 Å². The highest BCUT2D eigenvalue weighted by molar-refractivity contribution is 7.81. The lowest BCUT2D eigenvalue weighted by atomic mass is 10.1. The summed E-state index contributed by atoms with van der Waals surface area (Å²) in [6.07, 6.45) is 0.00966. The molecule has 0 radical (unpaired) electrons. The number of nitro benzene ring substituents is 1. The molecule has 0 amide bonds. The number of carbonyl (C=O) groups is 1. The summed E-state index contributed by atoms with van der Waals surface area (Å²) in [5.74, 6) is -1.62. The van der Waals surface area contributed by atoms with Crippen molar-refractivity contribution in [2.24, 2.45) is 0 Å². The Hall–Kier alpha value is -1.34. The van der Waals surface area contributed by atoms with Gasteiger partial charge in [0.15, 0.2) is 0 Å². The van der Waals surface area contributed by atoms with Crippen LogP contribution in [0.5, 0.6) is 0 Å². The second-order valence-electron chi connectivity index (χ2n) is 3.40. The van der Waals surface area contributed by atoms with Crippen molar-refractivity contribution in [3.63, 3.8) is 0 Å². The number of esters is 1. The Balaban J connectivity index is 3.06. The van der Waals surface area contributed by atoms with Crippen molar-refractivity contribution in [3.05, 3.63) is 38.7 Å². The van der Waals surface area contributed by atoms with Gasteiger partial charge in [-0.1, -0.05) is 11.6 Å². The first kappa shape index (κ1) is 14.7. The molecule has 0 saturated heterocycles. The fraction of sp³-hybridized carbons (Fsp3) is 0.300. The van der Waals surface area contributed by atoms with Gasteiger partial charge in [0.25, 0.3) is 0 Å². The first-order chi connectivity index (χ1) is 8.36. The van der Waals surface area contributed by atoms with Crippen LogP contribution in [0.4, 0.5) is 10.1 Å². The van der Waals surface area contributed by atoms with Gasteiger partial charge in [0.2, 0.25) is 5.82 Å². The van der Waals surface area contributed by atoms with Crippen LogP contribution in [0.15, 0.2) is 12.1 Å². The third-order valence-electron chi connectivity index (χ3n) is 2.20. The minimum absolute atomic E-state index is 0.000975. The number of halogens is 2. The van der Waals surface area contributed by atoms with Crippen molar-refractivity contribution in [2.75, 3.05) is 7.11 Å². The van der Waals surface area contributed by atoms with Crippen molar-refractivity contribution >= 4 is 35.9 Å². The molecule has 18 heavy (non-hydrogen) atoms. The lowest BCUT2D eigenvalue weighted by Crippen LogP contribution is -2.19. The molecule has 1 aromatic rings. The average Bonchev–Trinajstić information content (AvgIpc) is 2.30. The summed E-state index contributed by atoms with van der Waals surface area (Å²) in [6, 6.07) is 1.83. The molecule has 0 bridgehead atoms. The highest BCUT2D eigenvalue weighted by Crippen LogP contribution is 2.27. The molecule has 0 fully saturated rings. The maximum atomic E-state index is 13.2. The normalized spacial score (nSPS) is 12.0. The second-order valence-corrected chi connectivity index (χ2v) is 4.43. The third-order valence-corrected chi connectivity index (χ3v) is 2.94. The number of rotatable bonds is 4. The molecule has 0 N–H and O–H groups in total. The fourth-order valence-electron chi connectivity index (χ4n) is 1.30. The maximum absolute atomic E-state index is 13.2. The van der Waals surface area contributed by atoms with Gasteiger partial charge in [-0.25, -0.2) is 0 Å². The average molecular weight is 294 g/mol. The number of methoxy groups -OCH3 is 1. The summed E-state index contributed by atoms with van der Waals surface area (Å²) in [5, 5.41) is 9.75. The van der Waals surface area contributed by atoms with Crippen molar-refractivity contribution in [2.45, 2.75) is 11.7 Å². The van der Waals surface area contributed by atoms with E-state index in [9.17, 15) is 19.3 Å². The number of ether oxygens (including phenoxy) is 1. The van der Waals surface area contributed by atoms with Gasteiger partial charge < -0.3 is 4.74 Å². The number of hydrogen-bond acceptors (Lipinski definition) is 5. The standard InChI is InChI=1S/C10H9ClFNO4S/c1-17-10(14)9(18)3-5-2-8(13(15)16)7(12)4-6(5)11/h2,4,9,18H,3H2,1H3. The van der Waals surface area contributed by atoms with Gasteiger partial charge in [-0.15, -0.1) is 0 Å². The van der Waals surface area contributed by atoms with Gasteiger partial charge in [-0.3, -0.25) is 14.9 Å². The van der Waals surface area contributed by atoms with Crippen LogP contribution in [0, 0.1) is 15.9 Å². The molecule has 1 rings (SSSR count). The van der Waals surface area contributed by atoms with E-state index in [-0.39, 0.29) is 17.0 Å². The van der Waals surface area contributed by atoms with Gasteiger partial charge in [0, 0.05) is 11.1 Å². The molecule has 0 spiro atoms. The van der Waals surface area contributed by atoms with E-state index in [1.54, 1.807) is 0 Å². The number of carbonyl (C=O) groups excluding carboxylic acids is 1. The fourth-order valence-corrected chi connectivity index (χ4v) is 1.83. The number of nitrogens with zero attached hydrogens (tertiary/aromatic N) is 1. The quantitative estimate of drug-likeness (QED) is 0.400. The van der Waals surface area contributed by atoms with E-state index < -0.39 is 27.6 Å². The van der Waals surface area contributed by atoms with E-state index in [1.165, 1.54) is 7.11 Å². The predicted molar refractivity (Wildman–Crippen MR) is 66.6 cm³/mol. The second kappa shape index (κ2) is 6.01. The Morgan fingerprint density at radius 2 is 2.28 bits per heavy atom. The zero-order valence-corrected chi connectivity index (χ0v) is 10.9. The number of thiol groups is 1. The minimum Gasteiger partial charge on any atom is -0.468 e. The molecule has 0 saturated carbocycles. The van der Waals surface area contributed by atoms with E-state index in [0.29, 0.717) is 0 Å². The van der Waals surface area contributed by atoms with Crippen LogP contribution in [0.2, 0.25) is 5.02 Å². The summed E-state index contributed by atoms with van der Waals surface area (Å²) in [6.45, 7) is 0. The summed E-state index contributed by atoms with van der Waals surface area (Å²) >= 11 is 9.73. The Bertz CT molecular complexity index is 497. The number of benzene rings is 1. The molecular weight excluding hydrogens is 285 g/mol. The topological polar surface area (TPSA) is 69.4 Å². The summed E-state index contributed by atoms with van der Waals surface area (Å²) in [4.78, 5) is 20.9. The predicted octanol–water partition coefficient (Wildman–Crippen LogP) is 2.40. The molecular formula is C10H9ClFNO4S. The summed E-state index contributed by atoms with van der Waals surface area (Å²) in [5.41, 5.74) is -0.435. The Morgan fingerprint density at radius 1 is 1.67 bits per heavy atom. The van der Waals surface area contributed by atoms with Crippen LogP contribution < -0.4 is 0 Å². The first-order valence-electron chi connectivity index (χ1n) is 4.75. The van der Waals surface area contributed by atoms with E-state index >= 15 is 0 Å². The largest absolute Gasteiger partial charge is 0.468 e. The molecule has 1 unspecified atom stereocenters. The number of nitro groups is 1. The van der Waals surface area contributed by atoms with Crippen LogP contribution in [-0.4, -0.2) is 23.3 Å². The summed E-state index contributed by atoms with van der Waals surface area (Å²) < 4.78 is 17.7. The monoisotopic (exact) mass is 293 g/mol. The van der Waals surface area contributed by atoms with Crippen molar-refractivity contribution in [1.82, 2.24) is 0 Å². The van der Waals surface area contributed by atoms with E-state index in [2.05, 4.69) is 17.4 Å². The van der Waals surface area contributed by atoms with Crippen LogP contribution in [0.1, 0.15) is 5.56 Å². The van der Waals surface area contributed by atoms with E-state index in [1.807, 2.05) is 0 Å². The SMILES string of the molecule is COC(=O)C(S)Cc1cc([N+](=O)[O-])c(F)cc1Cl. The Kier molecular flexibility index (Phi) is 4.92. The minimum atomic E-state index is -1.03. The molecule has 1 atom stereocenters. The molecule has 5 nitrogen and oxygen atoms in total. The van der Waals surface area contributed by atoms with Crippen molar-refractivity contribution in [3.8, 4) is 0 Å². The molecule has 8 heteroatoms. The molecule has 0 aliphatic heterocycles. The third kappa shape index (κ3) is 3.33. The van der Waals surface area contributed by atoms with Crippen LogP contribution in [-0.2, 0) is 16.0 Å². The van der Waals surface area contributed by atoms with Gasteiger partial charge >= 0.3 is 11.7 Å². The Labute approximate surface area is 112 Å². The molecule has 98 valence electrons. The van der Waals surface area contributed by atoms with Crippen LogP contribution in [0.3, 0.4) is 0 Å². The van der Waals surface area contributed by atoms with Gasteiger partial charge in [-0.05, 0) is 18.1 Å². The first-order valence-corrected chi connectivity index (χ1v) is 5.64. The molecule has 0 aromatic heterocycles. The van der Waals surface area contributed by atoms with E-state index in [0.717, 1.165) is 12.1 Å². The number of hydrogen-bond donors (Lipinski definition) is 1. The highest BCUT2D eigenvalue weighted by Gasteiger charge is 2.21. The van der Waals surface area contributed by atoms with Crippen molar-refractivity contribution in [1.29, 1.82) is 0 Å². The molecule has 0 heterocycles. The summed E-state index contributed by atoms with van der Waals surface area (Å²) in [7, 11) is 1.19. The molecule has 0 aliphatic rings. The smallest absolute Gasteiger partial charge is 0.318 e. The van der Waals surface area contributed by atoms with Crippen molar-refractivity contribution < 1.29 is 18.8 Å². The Morgan fingerprint density at radius 3 is 2.78 bits per heavy atom. The molecule has 0 aliphatic carbocycles. The zero-order valence-electron chi connectivity index (χ0n) is 9.22. The highest BCUT2D eigenvalue weighted by atomic mass is 35.5. The van der Waals surface area contributed by atoms with Crippen LogP contribution >= 0.6 is 24.2 Å². The van der Waals surface area contributed by atoms with Gasteiger partial charge in [0.05, 0.1) is 12.0 Å². The molecule has 1 aromatic carbocycles. The lowest BCUT2D eigenvalue weighted by molar-refractivity contribution is -0.387. The van der Waals surface area contributed by atoms with Gasteiger partial charge in [-0.2, -0.15) is 17.0 Å². The zero-order chi connectivity index (χ0) is 13.9. The van der Waals surface area contributed by atoms with Crippen LogP contribution in [0.25, 0.3) is 0 Å².